The Morgan fingerprint density at radius 1 is 1.19 bits per heavy atom. The normalized spacial score (nSPS) is 14.7. The highest BCUT2D eigenvalue weighted by Crippen LogP contribution is 2.40. The molecule has 2 aromatic heterocycles. The van der Waals surface area contributed by atoms with Gasteiger partial charge < -0.3 is 9.88 Å². The Balaban J connectivity index is 1.38. The van der Waals surface area contributed by atoms with E-state index in [9.17, 15) is 13.2 Å². The van der Waals surface area contributed by atoms with Gasteiger partial charge in [0.1, 0.15) is 5.82 Å². The van der Waals surface area contributed by atoms with E-state index < -0.39 is 15.3 Å². The Morgan fingerprint density at radius 2 is 1.88 bits per heavy atom. The second-order valence-electron chi connectivity index (χ2n) is 7.31. The molecule has 3 aromatic rings. The lowest BCUT2D eigenvalue weighted by molar-refractivity contribution is -0.115. The minimum Gasteiger partial charge on any atom is -0.325 e. The summed E-state index contributed by atoms with van der Waals surface area (Å²) in [6.45, 7) is 4.60. The number of sulfonamides is 1. The lowest BCUT2D eigenvalue weighted by atomic mass is 10.3. The standard InChI is InChI=1S/C20H23N7O3S2/c1-3-27-17(14-5-6-14)24-25-20(27)31-13(2)18(28)23-15-7-9-16(10-8-15)32(29,30)26-19-21-11-4-12-22-19/h4,7-14H,3,5-6H2,1-2H3,(H,23,28)(H,21,22,26)/t13-/m1/s1. The first-order valence-electron chi connectivity index (χ1n) is 10.2. The second-order valence-corrected chi connectivity index (χ2v) is 10.3. The number of rotatable bonds is 9. The molecule has 0 saturated heterocycles. The van der Waals surface area contributed by atoms with Crippen LogP contribution in [-0.2, 0) is 21.4 Å². The van der Waals surface area contributed by atoms with Crippen LogP contribution in [0.4, 0.5) is 11.6 Å². The molecule has 0 spiro atoms. The van der Waals surface area contributed by atoms with Crippen LogP contribution in [0.5, 0.6) is 0 Å². The molecule has 0 aliphatic heterocycles. The maximum absolute atomic E-state index is 12.7. The lowest BCUT2D eigenvalue weighted by Crippen LogP contribution is -2.23. The van der Waals surface area contributed by atoms with E-state index in [1.165, 1.54) is 48.4 Å². The summed E-state index contributed by atoms with van der Waals surface area (Å²) in [5.41, 5.74) is 0.494. The molecule has 4 rings (SSSR count). The minimum absolute atomic E-state index is 0.0134. The van der Waals surface area contributed by atoms with Crippen LogP contribution < -0.4 is 10.0 Å². The number of aromatic nitrogens is 5. The van der Waals surface area contributed by atoms with E-state index in [0.717, 1.165) is 30.4 Å². The van der Waals surface area contributed by atoms with Crippen LogP contribution in [0.15, 0.2) is 52.8 Å². The second kappa shape index (κ2) is 9.25. The average molecular weight is 474 g/mol. The number of amides is 1. The Labute approximate surface area is 190 Å². The van der Waals surface area contributed by atoms with Crippen molar-refractivity contribution in [3.8, 4) is 0 Å². The molecule has 0 radical (unpaired) electrons. The van der Waals surface area contributed by atoms with E-state index >= 15 is 0 Å². The quantitative estimate of drug-likeness (QED) is 0.454. The van der Waals surface area contributed by atoms with Crippen LogP contribution in [0.3, 0.4) is 0 Å². The zero-order valence-electron chi connectivity index (χ0n) is 17.6. The molecule has 32 heavy (non-hydrogen) atoms. The van der Waals surface area contributed by atoms with Gasteiger partial charge in [0.05, 0.1) is 10.1 Å². The number of carbonyl (C=O) groups excluding carboxylic acids is 1. The van der Waals surface area contributed by atoms with Gasteiger partial charge >= 0.3 is 0 Å². The van der Waals surface area contributed by atoms with E-state index in [1.54, 1.807) is 13.0 Å². The van der Waals surface area contributed by atoms with Crippen molar-refractivity contribution in [1.82, 2.24) is 24.7 Å². The molecule has 1 aromatic carbocycles. The average Bonchev–Trinajstić information content (AvgIpc) is 3.55. The molecular weight excluding hydrogens is 450 g/mol. The molecule has 1 aliphatic rings. The van der Waals surface area contributed by atoms with Gasteiger partial charge in [0.15, 0.2) is 5.16 Å². The minimum atomic E-state index is -3.83. The molecule has 0 unspecified atom stereocenters. The third-order valence-electron chi connectivity index (χ3n) is 4.88. The van der Waals surface area contributed by atoms with Crippen molar-refractivity contribution < 1.29 is 13.2 Å². The van der Waals surface area contributed by atoms with Gasteiger partial charge in [-0.1, -0.05) is 11.8 Å². The SMILES string of the molecule is CCn1c(S[C@H](C)C(=O)Nc2ccc(S(=O)(=O)Nc3ncccn3)cc2)nnc1C1CC1. The Morgan fingerprint density at radius 3 is 2.50 bits per heavy atom. The van der Waals surface area contributed by atoms with Gasteiger partial charge in [0, 0.05) is 30.5 Å². The maximum Gasteiger partial charge on any atom is 0.264 e. The number of hydrogen-bond donors (Lipinski definition) is 2. The van der Waals surface area contributed by atoms with Crippen LogP contribution in [0, 0.1) is 0 Å². The summed E-state index contributed by atoms with van der Waals surface area (Å²) in [5.74, 6) is 1.26. The fourth-order valence-corrected chi connectivity index (χ4v) is 4.91. The van der Waals surface area contributed by atoms with Gasteiger partial charge in [-0.3, -0.25) is 4.79 Å². The van der Waals surface area contributed by atoms with Crippen molar-refractivity contribution in [2.75, 3.05) is 10.0 Å². The molecule has 1 atom stereocenters. The number of hydrogen-bond acceptors (Lipinski definition) is 8. The fourth-order valence-electron chi connectivity index (χ4n) is 3.03. The third kappa shape index (κ3) is 5.07. The number of carbonyl (C=O) groups is 1. The smallest absolute Gasteiger partial charge is 0.264 e. The van der Waals surface area contributed by atoms with Gasteiger partial charge in [-0.2, -0.15) is 0 Å². The molecule has 1 amide bonds. The molecular formula is C20H23N7O3S2. The largest absolute Gasteiger partial charge is 0.325 e. The van der Waals surface area contributed by atoms with E-state index in [4.69, 9.17) is 0 Å². The summed E-state index contributed by atoms with van der Waals surface area (Å²) in [6.07, 6.45) is 5.16. The number of benzene rings is 1. The summed E-state index contributed by atoms with van der Waals surface area (Å²) in [6, 6.07) is 7.49. The first-order chi connectivity index (χ1) is 15.4. The highest BCUT2D eigenvalue weighted by atomic mass is 32.2. The van der Waals surface area contributed by atoms with Crippen LogP contribution in [0.25, 0.3) is 0 Å². The number of nitrogens with one attached hydrogen (secondary N) is 2. The lowest BCUT2D eigenvalue weighted by Gasteiger charge is -2.13. The molecule has 12 heteroatoms. The maximum atomic E-state index is 12.7. The van der Waals surface area contributed by atoms with E-state index in [0.29, 0.717) is 11.6 Å². The van der Waals surface area contributed by atoms with Crippen molar-refractivity contribution in [2.24, 2.45) is 0 Å². The zero-order chi connectivity index (χ0) is 22.7. The van der Waals surface area contributed by atoms with Gasteiger partial charge in [-0.25, -0.2) is 23.1 Å². The Bertz CT molecular complexity index is 1190. The predicted octanol–water partition coefficient (Wildman–Crippen LogP) is 2.89. The summed E-state index contributed by atoms with van der Waals surface area (Å²) in [7, 11) is -3.83. The fraction of sp³-hybridized carbons (Fsp3) is 0.350. The number of nitrogens with zero attached hydrogens (tertiary/aromatic N) is 5. The molecule has 1 saturated carbocycles. The highest BCUT2D eigenvalue weighted by Gasteiger charge is 2.30. The Kier molecular flexibility index (Phi) is 6.42. The van der Waals surface area contributed by atoms with Crippen molar-refractivity contribution in [2.45, 2.75) is 54.5 Å². The van der Waals surface area contributed by atoms with Crippen molar-refractivity contribution in [3.05, 3.63) is 48.5 Å². The monoisotopic (exact) mass is 473 g/mol. The summed E-state index contributed by atoms with van der Waals surface area (Å²) in [4.78, 5) is 20.4. The summed E-state index contributed by atoms with van der Waals surface area (Å²) < 4.78 is 29.3. The molecule has 2 heterocycles. The van der Waals surface area contributed by atoms with Crippen LogP contribution in [-0.4, -0.2) is 44.3 Å². The summed E-state index contributed by atoms with van der Waals surface area (Å²) in [5, 5.41) is 11.7. The number of anilines is 2. The first kappa shape index (κ1) is 22.2. The van der Waals surface area contributed by atoms with Crippen molar-refractivity contribution >= 4 is 39.3 Å². The van der Waals surface area contributed by atoms with Crippen LogP contribution in [0.2, 0.25) is 0 Å². The molecule has 1 aliphatic carbocycles. The van der Waals surface area contributed by atoms with E-state index in [-0.39, 0.29) is 16.8 Å². The van der Waals surface area contributed by atoms with Crippen molar-refractivity contribution in [1.29, 1.82) is 0 Å². The third-order valence-corrected chi connectivity index (χ3v) is 7.30. The van der Waals surface area contributed by atoms with Gasteiger partial charge in [0.25, 0.3) is 10.0 Å². The first-order valence-corrected chi connectivity index (χ1v) is 12.5. The van der Waals surface area contributed by atoms with E-state index in [1.807, 2.05) is 6.92 Å². The van der Waals surface area contributed by atoms with Gasteiger partial charge in [-0.15, -0.1) is 10.2 Å². The number of thioether (sulfide) groups is 1. The van der Waals surface area contributed by atoms with Gasteiger partial charge in [0.2, 0.25) is 11.9 Å². The van der Waals surface area contributed by atoms with Crippen molar-refractivity contribution in [3.63, 3.8) is 0 Å². The Hall–Kier alpha value is -2.99. The molecule has 168 valence electrons. The van der Waals surface area contributed by atoms with Gasteiger partial charge in [-0.05, 0) is 57.0 Å². The molecule has 0 bridgehead atoms. The zero-order valence-corrected chi connectivity index (χ0v) is 19.2. The predicted molar refractivity (Wildman–Crippen MR) is 121 cm³/mol. The van der Waals surface area contributed by atoms with Crippen LogP contribution in [0.1, 0.15) is 38.4 Å². The molecule has 1 fully saturated rings. The summed E-state index contributed by atoms with van der Waals surface area (Å²) >= 11 is 1.35. The topological polar surface area (TPSA) is 132 Å². The molecule has 2 N–H and O–H groups in total. The highest BCUT2D eigenvalue weighted by molar-refractivity contribution is 8.00. The van der Waals surface area contributed by atoms with Crippen LogP contribution >= 0.6 is 11.8 Å². The van der Waals surface area contributed by atoms with E-state index in [2.05, 4.69) is 34.8 Å². The molecule has 10 nitrogen and oxygen atoms in total.